The van der Waals surface area contributed by atoms with Crippen molar-refractivity contribution in [1.82, 2.24) is 10.2 Å². The topological polar surface area (TPSA) is 75.4 Å². The van der Waals surface area contributed by atoms with Crippen LogP contribution in [0.15, 0.2) is 18.2 Å². The Kier molecular flexibility index (Phi) is 3.95. The number of carbonyl (C=O) groups is 2. The molecule has 1 aromatic carbocycles. The summed E-state index contributed by atoms with van der Waals surface area (Å²) in [5, 5.41) is 2.66. The van der Waals surface area contributed by atoms with Gasteiger partial charge in [-0.2, -0.15) is 0 Å². The lowest BCUT2D eigenvalue weighted by Gasteiger charge is -2.20. The number of imide groups is 1. The van der Waals surface area contributed by atoms with Crippen molar-refractivity contribution in [1.29, 1.82) is 0 Å². The molecule has 1 unspecified atom stereocenters. The van der Waals surface area contributed by atoms with Crippen molar-refractivity contribution in [2.24, 2.45) is 5.73 Å². The van der Waals surface area contributed by atoms with Crippen LogP contribution >= 0.6 is 12.2 Å². The number of thiocarbonyl (C=S) groups is 1. The molecule has 1 aliphatic rings. The maximum Gasteiger partial charge on any atom is 0.325 e. The average molecular weight is 309 g/mol. The molecule has 0 bridgehead atoms. The molecule has 0 aliphatic carbocycles. The number of urea groups is 1. The van der Waals surface area contributed by atoms with E-state index in [1.165, 1.54) is 18.2 Å². The van der Waals surface area contributed by atoms with E-state index in [2.05, 4.69) is 5.32 Å². The third kappa shape index (κ3) is 2.73. The van der Waals surface area contributed by atoms with Crippen LogP contribution in [0.4, 0.5) is 9.18 Å². The van der Waals surface area contributed by atoms with Crippen molar-refractivity contribution in [3.63, 3.8) is 0 Å². The summed E-state index contributed by atoms with van der Waals surface area (Å²) >= 11 is 4.88. The van der Waals surface area contributed by atoms with Gasteiger partial charge in [0.1, 0.15) is 16.3 Å². The van der Waals surface area contributed by atoms with E-state index in [0.29, 0.717) is 17.5 Å². The molecule has 2 rings (SSSR count). The van der Waals surface area contributed by atoms with Gasteiger partial charge in [0.05, 0.1) is 6.54 Å². The van der Waals surface area contributed by atoms with E-state index >= 15 is 0 Å². The van der Waals surface area contributed by atoms with Gasteiger partial charge in [-0.15, -0.1) is 0 Å². The van der Waals surface area contributed by atoms with E-state index in [4.69, 9.17) is 18.0 Å². The SMILES string of the molecule is CCC1(C)NC(=O)N(Cc2ccc(F)cc2C(N)=S)C1=O. The number of rotatable bonds is 4. The van der Waals surface area contributed by atoms with Crippen LogP contribution in [0, 0.1) is 5.82 Å². The van der Waals surface area contributed by atoms with Crippen molar-refractivity contribution in [3.8, 4) is 0 Å². The first-order valence-corrected chi connectivity index (χ1v) is 6.91. The predicted molar refractivity (Wildman–Crippen MR) is 80.1 cm³/mol. The number of nitrogens with one attached hydrogen (secondary N) is 1. The summed E-state index contributed by atoms with van der Waals surface area (Å²) < 4.78 is 13.3. The van der Waals surface area contributed by atoms with E-state index in [1.807, 2.05) is 6.92 Å². The standard InChI is InChI=1S/C14H16FN3O2S/c1-3-14(2)12(19)18(13(20)17-14)7-8-4-5-9(15)6-10(8)11(16)21/h4-6H,3,7H2,1-2H3,(H2,16,21)(H,17,20). The number of hydrogen-bond acceptors (Lipinski definition) is 3. The number of amides is 3. The molecule has 1 aliphatic heterocycles. The van der Waals surface area contributed by atoms with E-state index in [9.17, 15) is 14.0 Å². The van der Waals surface area contributed by atoms with Crippen molar-refractivity contribution in [3.05, 3.63) is 35.1 Å². The summed E-state index contributed by atoms with van der Waals surface area (Å²) in [5.74, 6) is -0.787. The lowest BCUT2D eigenvalue weighted by atomic mass is 9.99. The van der Waals surface area contributed by atoms with Gasteiger partial charge >= 0.3 is 6.03 Å². The number of nitrogens with zero attached hydrogens (tertiary/aromatic N) is 1. The molecule has 1 heterocycles. The van der Waals surface area contributed by atoms with Gasteiger partial charge < -0.3 is 11.1 Å². The van der Waals surface area contributed by atoms with Crippen LogP contribution in [-0.4, -0.2) is 27.4 Å². The minimum absolute atomic E-state index is 0.00715. The van der Waals surface area contributed by atoms with Crippen LogP contribution in [-0.2, 0) is 11.3 Å². The van der Waals surface area contributed by atoms with Crippen LogP contribution in [0.2, 0.25) is 0 Å². The monoisotopic (exact) mass is 309 g/mol. The molecule has 0 radical (unpaired) electrons. The second kappa shape index (κ2) is 5.40. The maximum absolute atomic E-state index is 13.3. The fourth-order valence-electron chi connectivity index (χ4n) is 2.22. The minimum Gasteiger partial charge on any atom is -0.389 e. The van der Waals surface area contributed by atoms with Crippen LogP contribution in [0.1, 0.15) is 31.4 Å². The van der Waals surface area contributed by atoms with Gasteiger partial charge in [0, 0.05) is 5.56 Å². The molecule has 0 saturated carbocycles. The molecular formula is C14H16FN3O2S. The van der Waals surface area contributed by atoms with Gasteiger partial charge in [-0.25, -0.2) is 9.18 Å². The third-order valence-electron chi connectivity index (χ3n) is 3.72. The number of halogens is 1. The molecule has 3 N–H and O–H groups in total. The molecule has 0 spiro atoms. The fourth-order valence-corrected chi connectivity index (χ4v) is 2.41. The molecule has 1 atom stereocenters. The Balaban J connectivity index is 2.33. The van der Waals surface area contributed by atoms with Crippen LogP contribution in [0.5, 0.6) is 0 Å². The van der Waals surface area contributed by atoms with Crippen LogP contribution in [0.25, 0.3) is 0 Å². The summed E-state index contributed by atoms with van der Waals surface area (Å²) in [6, 6.07) is 3.46. The van der Waals surface area contributed by atoms with E-state index < -0.39 is 17.4 Å². The zero-order chi connectivity index (χ0) is 15.8. The van der Waals surface area contributed by atoms with Gasteiger partial charge in [0.25, 0.3) is 5.91 Å². The van der Waals surface area contributed by atoms with Gasteiger partial charge in [0.15, 0.2) is 0 Å². The Hall–Kier alpha value is -2.02. The molecule has 1 aromatic rings. The second-order valence-electron chi connectivity index (χ2n) is 5.17. The van der Waals surface area contributed by atoms with E-state index in [-0.39, 0.29) is 17.4 Å². The number of carbonyl (C=O) groups excluding carboxylic acids is 2. The number of nitrogens with two attached hydrogens (primary N) is 1. The molecule has 1 saturated heterocycles. The Bertz CT molecular complexity index is 635. The Morgan fingerprint density at radius 1 is 1.48 bits per heavy atom. The van der Waals surface area contributed by atoms with Crippen LogP contribution < -0.4 is 11.1 Å². The predicted octanol–water partition coefficient (Wildman–Crippen LogP) is 1.68. The molecule has 112 valence electrons. The zero-order valence-electron chi connectivity index (χ0n) is 11.8. The normalized spacial score (nSPS) is 21.6. The molecule has 7 heteroatoms. The zero-order valence-corrected chi connectivity index (χ0v) is 12.6. The molecule has 0 aromatic heterocycles. The fraction of sp³-hybridized carbons (Fsp3) is 0.357. The Labute approximate surface area is 127 Å². The summed E-state index contributed by atoms with van der Waals surface area (Å²) in [6.07, 6.45) is 0.486. The van der Waals surface area contributed by atoms with Crippen molar-refractivity contribution in [2.45, 2.75) is 32.4 Å². The molecule has 5 nitrogen and oxygen atoms in total. The number of benzene rings is 1. The largest absolute Gasteiger partial charge is 0.389 e. The smallest absolute Gasteiger partial charge is 0.325 e. The molecular weight excluding hydrogens is 293 g/mol. The maximum atomic E-state index is 13.3. The first-order valence-electron chi connectivity index (χ1n) is 6.51. The van der Waals surface area contributed by atoms with Gasteiger partial charge in [-0.3, -0.25) is 9.69 Å². The highest BCUT2D eigenvalue weighted by Gasteiger charge is 2.46. The Morgan fingerprint density at radius 2 is 2.14 bits per heavy atom. The minimum atomic E-state index is -0.902. The highest BCUT2D eigenvalue weighted by Crippen LogP contribution is 2.24. The van der Waals surface area contributed by atoms with Gasteiger partial charge in [-0.1, -0.05) is 25.2 Å². The van der Waals surface area contributed by atoms with Crippen LogP contribution in [0.3, 0.4) is 0 Å². The highest BCUT2D eigenvalue weighted by atomic mass is 32.1. The number of hydrogen-bond donors (Lipinski definition) is 2. The molecule has 1 fully saturated rings. The molecule has 21 heavy (non-hydrogen) atoms. The average Bonchev–Trinajstić information content (AvgIpc) is 2.64. The summed E-state index contributed by atoms with van der Waals surface area (Å²) in [6.45, 7) is 3.50. The van der Waals surface area contributed by atoms with E-state index in [0.717, 1.165) is 4.90 Å². The van der Waals surface area contributed by atoms with Gasteiger partial charge in [-0.05, 0) is 31.0 Å². The summed E-state index contributed by atoms with van der Waals surface area (Å²) in [5.41, 5.74) is 5.53. The summed E-state index contributed by atoms with van der Waals surface area (Å²) in [4.78, 5) is 25.4. The quantitative estimate of drug-likeness (QED) is 0.655. The lowest BCUT2D eigenvalue weighted by Crippen LogP contribution is -2.43. The third-order valence-corrected chi connectivity index (χ3v) is 3.94. The molecule has 3 amide bonds. The van der Waals surface area contributed by atoms with E-state index in [1.54, 1.807) is 6.92 Å². The lowest BCUT2D eigenvalue weighted by molar-refractivity contribution is -0.131. The van der Waals surface area contributed by atoms with Crippen molar-refractivity contribution >= 4 is 29.1 Å². The first-order chi connectivity index (χ1) is 9.78. The Morgan fingerprint density at radius 3 is 2.67 bits per heavy atom. The second-order valence-corrected chi connectivity index (χ2v) is 5.61. The van der Waals surface area contributed by atoms with Crippen molar-refractivity contribution < 1.29 is 14.0 Å². The first kappa shape index (κ1) is 15.4. The van der Waals surface area contributed by atoms with Crippen molar-refractivity contribution in [2.75, 3.05) is 0 Å². The van der Waals surface area contributed by atoms with Gasteiger partial charge in [0.2, 0.25) is 0 Å². The summed E-state index contributed by atoms with van der Waals surface area (Å²) in [7, 11) is 0. The highest BCUT2D eigenvalue weighted by molar-refractivity contribution is 7.80.